The van der Waals surface area contributed by atoms with Crippen LogP contribution in [0, 0.1) is 5.92 Å². The van der Waals surface area contributed by atoms with E-state index in [9.17, 15) is 9.59 Å². The number of likely N-dealkylation sites (tertiary alicyclic amines) is 1. The molecule has 5 heteroatoms. The number of nitrogens with zero attached hydrogens (tertiary/aromatic N) is 1. The number of thiophene rings is 1. The van der Waals surface area contributed by atoms with Gasteiger partial charge < -0.3 is 10.0 Å². The van der Waals surface area contributed by atoms with Crippen LogP contribution >= 0.6 is 11.3 Å². The fraction of sp³-hybridized carbons (Fsp3) is 0.429. The van der Waals surface area contributed by atoms with Crippen LogP contribution in [0.25, 0.3) is 6.08 Å². The first-order valence-electron chi connectivity index (χ1n) is 6.35. The number of carbonyl (C=O) groups excluding carboxylic acids is 1. The number of amides is 1. The third-order valence-corrected chi connectivity index (χ3v) is 4.28. The van der Waals surface area contributed by atoms with Gasteiger partial charge in [0, 0.05) is 19.2 Å². The highest BCUT2D eigenvalue weighted by molar-refractivity contribution is 7.12. The van der Waals surface area contributed by atoms with Crippen molar-refractivity contribution in [1.82, 2.24) is 4.90 Å². The fourth-order valence-electron chi connectivity index (χ4n) is 2.14. The van der Waals surface area contributed by atoms with Crippen molar-refractivity contribution in [2.24, 2.45) is 5.92 Å². The van der Waals surface area contributed by atoms with Gasteiger partial charge in [-0.15, -0.1) is 11.3 Å². The number of carboxylic acid groups (broad SMARTS) is 1. The first-order valence-corrected chi connectivity index (χ1v) is 7.23. The SMILES string of the molecule is CC1CCN(C(=O)c2sccc2C=CC(=O)O)CC1. The summed E-state index contributed by atoms with van der Waals surface area (Å²) in [7, 11) is 0. The van der Waals surface area contributed by atoms with Crippen molar-refractivity contribution in [2.75, 3.05) is 13.1 Å². The summed E-state index contributed by atoms with van der Waals surface area (Å²) in [5.41, 5.74) is 0.691. The Hall–Kier alpha value is -1.62. The van der Waals surface area contributed by atoms with Crippen LogP contribution in [0.2, 0.25) is 0 Å². The number of aliphatic carboxylic acids is 1. The molecule has 0 aromatic carbocycles. The Labute approximate surface area is 116 Å². The molecule has 1 N–H and O–H groups in total. The maximum absolute atomic E-state index is 12.4. The second kappa shape index (κ2) is 6.02. The maximum atomic E-state index is 12.4. The van der Waals surface area contributed by atoms with E-state index in [2.05, 4.69) is 6.92 Å². The maximum Gasteiger partial charge on any atom is 0.328 e. The lowest BCUT2D eigenvalue weighted by molar-refractivity contribution is -0.131. The van der Waals surface area contributed by atoms with E-state index in [0.717, 1.165) is 32.0 Å². The van der Waals surface area contributed by atoms with E-state index in [1.54, 1.807) is 6.07 Å². The highest BCUT2D eigenvalue weighted by atomic mass is 32.1. The molecule has 1 aromatic rings. The van der Waals surface area contributed by atoms with Crippen LogP contribution in [0.3, 0.4) is 0 Å². The zero-order valence-corrected chi connectivity index (χ0v) is 11.7. The molecule has 0 aliphatic carbocycles. The number of hydrogen-bond acceptors (Lipinski definition) is 3. The van der Waals surface area contributed by atoms with Gasteiger partial charge in [-0.3, -0.25) is 4.79 Å². The third-order valence-electron chi connectivity index (χ3n) is 3.37. The molecule has 2 rings (SSSR count). The Morgan fingerprint density at radius 1 is 1.42 bits per heavy atom. The van der Waals surface area contributed by atoms with Crippen LogP contribution < -0.4 is 0 Å². The minimum atomic E-state index is -1.00. The summed E-state index contributed by atoms with van der Waals surface area (Å²) in [5.74, 6) is -0.304. The van der Waals surface area contributed by atoms with Gasteiger partial charge in [0.25, 0.3) is 5.91 Å². The quantitative estimate of drug-likeness (QED) is 0.865. The first-order chi connectivity index (χ1) is 9.08. The molecule has 2 heterocycles. The molecule has 102 valence electrons. The smallest absolute Gasteiger partial charge is 0.328 e. The van der Waals surface area contributed by atoms with Gasteiger partial charge in [-0.25, -0.2) is 4.79 Å². The van der Waals surface area contributed by atoms with Crippen molar-refractivity contribution in [3.05, 3.63) is 28.0 Å². The second-order valence-electron chi connectivity index (χ2n) is 4.85. The zero-order valence-electron chi connectivity index (χ0n) is 10.8. The van der Waals surface area contributed by atoms with E-state index in [1.165, 1.54) is 17.4 Å². The molecule has 1 amide bonds. The zero-order chi connectivity index (χ0) is 13.8. The molecule has 0 saturated carbocycles. The Kier molecular flexibility index (Phi) is 4.37. The summed E-state index contributed by atoms with van der Waals surface area (Å²) in [4.78, 5) is 25.4. The highest BCUT2D eigenvalue weighted by Gasteiger charge is 2.23. The fourth-order valence-corrected chi connectivity index (χ4v) is 2.99. The average Bonchev–Trinajstić information content (AvgIpc) is 2.84. The minimum Gasteiger partial charge on any atom is -0.478 e. The molecule has 0 radical (unpaired) electrons. The largest absolute Gasteiger partial charge is 0.478 e. The van der Waals surface area contributed by atoms with Crippen molar-refractivity contribution in [3.8, 4) is 0 Å². The number of rotatable bonds is 3. The Bertz CT molecular complexity index is 499. The van der Waals surface area contributed by atoms with Crippen LogP contribution in [0.5, 0.6) is 0 Å². The van der Waals surface area contributed by atoms with Crippen molar-refractivity contribution in [1.29, 1.82) is 0 Å². The summed E-state index contributed by atoms with van der Waals surface area (Å²) < 4.78 is 0. The lowest BCUT2D eigenvalue weighted by Gasteiger charge is -2.30. The summed E-state index contributed by atoms with van der Waals surface area (Å²) in [6.45, 7) is 3.79. The summed E-state index contributed by atoms with van der Waals surface area (Å²) in [6, 6.07) is 1.78. The number of carboxylic acids is 1. The molecular formula is C14H17NO3S. The van der Waals surface area contributed by atoms with Crippen LogP contribution in [0.15, 0.2) is 17.5 Å². The minimum absolute atomic E-state index is 0.0203. The van der Waals surface area contributed by atoms with E-state index in [4.69, 9.17) is 5.11 Å². The van der Waals surface area contributed by atoms with Gasteiger partial charge in [0.05, 0.1) is 4.88 Å². The van der Waals surface area contributed by atoms with E-state index < -0.39 is 5.97 Å². The van der Waals surface area contributed by atoms with Gasteiger partial charge in [-0.1, -0.05) is 6.92 Å². The molecule has 0 atom stereocenters. The molecule has 0 spiro atoms. The molecule has 1 aliphatic heterocycles. The first kappa shape index (κ1) is 13.8. The molecule has 1 aliphatic rings. The summed E-state index contributed by atoms with van der Waals surface area (Å²) >= 11 is 1.37. The molecule has 1 aromatic heterocycles. The van der Waals surface area contributed by atoms with Crippen LogP contribution in [0.1, 0.15) is 35.0 Å². The van der Waals surface area contributed by atoms with Gasteiger partial charge in [0.15, 0.2) is 0 Å². The monoisotopic (exact) mass is 279 g/mol. The van der Waals surface area contributed by atoms with Crippen LogP contribution in [-0.2, 0) is 4.79 Å². The second-order valence-corrected chi connectivity index (χ2v) is 5.77. The van der Waals surface area contributed by atoms with E-state index in [-0.39, 0.29) is 5.91 Å². The Morgan fingerprint density at radius 2 is 2.11 bits per heavy atom. The Balaban J connectivity index is 2.11. The summed E-state index contributed by atoms with van der Waals surface area (Å²) in [5, 5.41) is 10.5. The highest BCUT2D eigenvalue weighted by Crippen LogP contribution is 2.23. The van der Waals surface area contributed by atoms with Gasteiger partial charge in [0.1, 0.15) is 0 Å². The molecule has 19 heavy (non-hydrogen) atoms. The van der Waals surface area contributed by atoms with Gasteiger partial charge in [-0.2, -0.15) is 0 Å². The van der Waals surface area contributed by atoms with Crippen molar-refractivity contribution in [2.45, 2.75) is 19.8 Å². The van der Waals surface area contributed by atoms with Gasteiger partial charge in [-0.05, 0) is 41.8 Å². The molecule has 1 fully saturated rings. The molecule has 0 bridgehead atoms. The predicted molar refractivity (Wildman–Crippen MR) is 75.3 cm³/mol. The Morgan fingerprint density at radius 3 is 2.74 bits per heavy atom. The van der Waals surface area contributed by atoms with Crippen LogP contribution in [0.4, 0.5) is 0 Å². The lowest BCUT2D eigenvalue weighted by Crippen LogP contribution is -2.37. The predicted octanol–water partition coefficient (Wildman–Crippen LogP) is 2.72. The van der Waals surface area contributed by atoms with E-state index >= 15 is 0 Å². The van der Waals surface area contributed by atoms with E-state index in [1.807, 2.05) is 10.3 Å². The molecule has 0 unspecified atom stereocenters. The summed E-state index contributed by atoms with van der Waals surface area (Å²) in [6.07, 6.45) is 4.63. The van der Waals surface area contributed by atoms with Crippen LogP contribution in [-0.4, -0.2) is 35.0 Å². The van der Waals surface area contributed by atoms with E-state index in [0.29, 0.717) is 16.4 Å². The molecule has 4 nitrogen and oxygen atoms in total. The topological polar surface area (TPSA) is 57.6 Å². The number of hydrogen-bond donors (Lipinski definition) is 1. The average molecular weight is 279 g/mol. The molecular weight excluding hydrogens is 262 g/mol. The van der Waals surface area contributed by atoms with Crippen molar-refractivity contribution >= 4 is 29.3 Å². The molecule has 1 saturated heterocycles. The van der Waals surface area contributed by atoms with Gasteiger partial charge >= 0.3 is 5.97 Å². The number of piperidine rings is 1. The third kappa shape index (κ3) is 3.44. The van der Waals surface area contributed by atoms with Crippen molar-refractivity contribution < 1.29 is 14.7 Å². The van der Waals surface area contributed by atoms with Crippen molar-refractivity contribution in [3.63, 3.8) is 0 Å². The van der Waals surface area contributed by atoms with Gasteiger partial charge in [0.2, 0.25) is 0 Å². The lowest BCUT2D eigenvalue weighted by atomic mass is 9.99. The normalized spacial score (nSPS) is 17.0. The number of carbonyl (C=O) groups is 2. The standard InChI is InChI=1S/C14H17NO3S/c1-10-4-7-15(8-5-10)14(18)13-11(6-9-19-13)2-3-12(16)17/h2-3,6,9-10H,4-5,7-8H2,1H3,(H,16,17).